The fraction of sp³-hybridized carbons (Fsp3) is 0.333. The van der Waals surface area contributed by atoms with Crippen LogP contribution in [0.4, 0.5) is 0 Å². The zero-order chi connectivity index (χ0) is 16.5. The molecule has 0 aliphatic rings. The van der Waals surface area contributed by atoms with Crippen molar-refractivity contribution in [3.8, 4) is 5.75 Å². The molecule has 0 unspecified atom stereocenters. The Bertz CT molecular complexity index is 631. The largest absolute Gasteiger partial charge is 0.489 e. The maximum absolute atomic E-state index is 5.72. The third-order valence-corrected chi connectivity index (χ3v) is 3.14. The molecular weight excluding hydrogens is 292 g/mol. The van der Waals surface area contributed by atoms with Gasteiger partial charge in [0.25, 0.3) is 0 Å². The van der Waals surface area contributed by atoms with Crippen molar-refractivity contribution in [2.75, 3.05) is 13.2 Å². The molecule has 0 spiro atoms. The molecule has 23 heavy (non-hydrogen) atoms. The summed E-state index contributed by atoms with van der Waals surface area (Å²) < 4.78 is 10.6. The zero-order valence-corrected chi connectivity index (χ0v) is 13.6. The summed E-state index contributed by atoms with van der Waals surface area (Å²) in [6.45, 7) is 9.03. The van der Waals surface area contributed by atoms with Crippen molar-refractivity contribution in [3.05, 3.63) is 60.0 Å². The van der Waals surface area contributed by atoms with Crippen molar-refractivity contribution < 1.29 is 14.1 Å². The third-order valence-electron chi connectivity index (χ3n) is 3.14. The molecule has 1 heterocycles. The second-order valence-electron chi connectivity index (χ2n) is 5.06. The highest BCUT2D eigenvalue weighted by Crippen LogP contribution is 2.17. The molecule has 0 fully saturated rings. The Morgan fingerprint density at radius 2 is 2.00 bits per heavy atom. The van der Waals surface area contributed by atoms with E-state index in [2.05, 4.69) is 23.8 Å². The fourth-order valence-corrected chi connectivity index (χ4v) is 2.03. The van der Waals surface area contributed by atoms with Crippen LogP contribution in [0.25, 0.3) is 0 Å². The van der Waals surface area contributed by atoms with Crippen molar-refractivity contribution in [2.45, 2.75) is 26.7 Å². The van der Waals surface area contributed by atoms with Crippen LogP contribution in [0.1, 0.15) is 37.9 Å². The molecule has 0 saturated carbocycles. The smallest absolute Gasteiger partial charge is 0.139 e. The van der Waals surface area contributed by atoms with Crippen molar-refractivity contribution in [3.63, 3.8) is 0 Å². The predicted octanol–water partition coefficient (Wildman–Crippen LogP) is 4.20. The van der Waals surface area contributed by atoms with Crippen LogP contribution in [-0.2, 0) is 4.84 Å². The van der Waals surface area contributed by atoms with Gasteiger partial charge in [-0.2, -0.15) is 0 Å². The van der Waals surface area contributed by atoms with Gasteiger partial charge in [0.2, 0.25) is 0 Å². The van der Waals surface area contributed by atoms with Gasteiger partial charge in [-0.25, -0.2) is 0 Å². The highest BCUT2D eigenvalue weighted by atomic mass is 16.6. The van der Waals surface area contributed by atoms with Gasteiger partial charge in [-0.3, -0.25) is 0 Å². The van der Waals surface area contributed by atoms with Crippen LogP contribution in [0.3, 0.4) is 0 Å². The minimum absolute atomic E-state index is 0.488. The summed E-state index contributed by atoms with van der Waals surface area (Å²) >= 11 is 0. The third kappa shape index (κ3) is 4.98. The summed E-state index contributed by atoms with van der Waals surface area (Å²) in [6, 6.07) is 9.39. The van der Waals surface area contributed by atoms with E-state index in [0.717, 1.165) is 29.7 Å². The molecule has 1 aromatic carbocycles. The number of aromatic nitrogens is 1. The average Bonchev–Trinajstić information content (AvgIpc) is 3.09. The lowest BCUT2D eigenvalue weighted by molar-refractivity contribution is 0.159. The Kier molecular flexibility index (Phi) is 6.41. The molecule has 0 N–H and O–H groups in total. The first-order valence-electron chi connectivity index (χ1n) is 7.75. The van der Waals surface area contributed by atoms with Gasteiger partial charge < -0.3 is 14.1 Å². The normalized spacial score (nSPS) is 11.3. The van der Waals surface area contributed by atoms with Crippen molar-refractivity contribution in [2.24, 2.45) is 5.16 Å². The first kappa shape index (κ1) is 16.8. The standard InChI is InChI=1S/C18H22N2O3/c1-4-6-14(3)13-21-16-9-7-15(8-10-16)18(20-22-5-2)17-11-12-23-19-17/h7-12H,3-6,13H2,1-2H3/b20-18+. The molecule has 1 aromatic heterocycles. The summed E-state index contributed by atoms with van der Waals surface area (Å²) in [7, 11) is 0. The van der Waals surface area contributed by atoms with Crippen LogP contribution in [0, 0.1) is 0 Å². The van der Waals surface area contributed by atoms with Crippen LogP contribution >= 0.6 is 0 Å². The zero-order valence-electron chi connectivity index (χ0n) is 13.6. The van der Waals surface area contributed by atoms with E-state index in [1.165, 1.54) is 6.26 Å². The summed E-state index contributed by atoms with van der Waals surface area (Å²) in [6.07, 6.45) is 3.57. The maximum Gasteiger partial charge on any atom is 0.139 e. The topological polar surface area (TPSA) is 56.9 Å². The van der Waals surface area contributed by atoms with E-state index in [0.29, 0.717) is 24.6 Å². The summed E-state index contributed by atoms with van der Waals surface area (Å²) in [4.78, 5) is 5.17. The van der Waals surface area contributed by atoms with Crippen molar-refractivity contribution >= 4 is 5.71 Å². The molecular formula is C18H22N2O3. The Hall–Kier alpha value is -2.56. The quantitative estimate of drug-likeness (QED) is 0.395. The highest BCUT2D eigenvalue weighted by molar-refractivity contribution is 6.11. The van der Waals surface area contributed by atoms with Crippen LogP contribution in [0.2, 0.25) is 0 Å². The molecule has 0 saturated heterocycles. The first-order chi connectivity index (χ1) is 11.2. The molecule has 0 atom stereocenters. The van der Waals surface area contributed by atoms with Crippen molar-refractivity contribution in [1.82, 2.24) is 5.16 Å². The summed E-state index contributed by atoms with van der Waals surface area (Å²) in [5.74, 6) is 0.793. The predicted molar refractivity (Wildman–Crippen MR) is 89.8 cm³/mol. The lowest BCUT2D eigenvalue weighted by Crippen LogP contribution is -2.05. The lowest BCUT2D eigenvalue weighted by atomic mass is 10.1. The Balaban J connectivity index is 2.08. The van der Waals surface area contributed by atoms with Crippen molar-refractivity contribution in [1.29, 1.82) is 0 Å². The Morgan fingerprint density at radius 1 is 1.22 bits per heavy atom. The van der Waals surface area contributed by atoms with Crippen LogP contribution in [-0.4, -0.2) is 24.1 Å². The van der Waals surface area contributed by atoms with E-state index >= 15 is 0 Å². The second kappa shape index (κ2) is 8.78. The molecule has 122 valence electrons. The Labute approximate surface area is 136 Å². The van der Waals surface area contributed by atoms with E-state index in [1.807, 2.05) is 31.2 Å². The second-order valence-corrected chi connectivity index (χ2v) is 5.06. The molecule has 0 amide bonds. The Morgan fingerprint density at radius 3 is 2.61 bits per heavy atom. The molecule has 0 aliphatic heterocycles. The van der Waals surface area contributed by atoms with Crippen LogP contribution < -0.4 is 4.74 Å². The fourth-order valence-electron chi connectivity index (χ4n) is 2.03. The summed E-state index contributed by atoms with van der Waals surface area (Å²) in [5.41, 5.74) is 3.23. The van der Waals surface area contributed by atoms with E-state index in [1.54, 1.807) is 6.07 Å². The van der Waals surface area contributed by atoms with Gasteiger partial charge in [0.1, 0.15) is 36.6 Å². The van der Waals surface area contributed by atoms with E-state index in [9.17, 15) is 0 Å². The number of rotatable bonds is 9. The number of benzene rings is 1. The highest BCUT2D eigenvalue weighted by Gasteiger charge is 2.11. The van der Waals surface area contributed by atoms with Gasteiger partial charge in [0.15, 0.2) is 0 Å². The van der Waals surface area contributed by atoms with Gasteiger partial charge in [0.05, 0.1) is 0 Å². The molecule has 5 heteroatoms. The minimum atomic E-state index is 0.488. The number of nitrogens with zero attached hydrogens (tertiary/aromatic N) is 2. The number of ether oxygens (including phenoxy) is 1. The van der Waals surface area contributed by atoms with Gasteiger partial charge in [-0.1, -0.05) is 30.2 Å². The molecule has 2 rings (SSSR count). The minimum Gasteiger partial charge on any atom is -0.489 e. The number of hydrogen-bond donors (Lipinski definition) is 0. The molecule has 0 aliphatic carbocycles. The lowest BCUT2D eigenvalue weighted by Gasteiger charge is -2.09. The number of hydrogen-bond acceptors (Lipinski definition) is 5. The van der Waals surface area contributed by atoms with Gasteiger partial charge >= 0.3 is 0 Å². The van der Waals surface area contributed by atoms with Gasteiger partial charge in [-0.15, -0.1) is 0 Å². The number of oxime groups is 1. The molecule has 2 aromatic rings. The average molecular weight is 314 g/mol. The molecule has 5 nitrogen and oxygen atoms in total. The van der Waals surface area contributed by atoms with Gasteiger partial charge in [0, 0.05) is 11.6 Å². The maximum atomic E-state index is 5.72. The van der Waals surface area contributed by atoms with E-state index in [4.69, 9.17) is 14.1 Å². The SMILES string of the molecule is C=C(CCC)COc1ccc(/C(=N\OCC)c2ccon2)cc1. The van der Waals surface area contributed by atoms with Crippen LogP contribution in [0.15, 0.2) is 58.4 Å². The molecule has 0 radical (unpaired) electrons. The van der Waals surface area contributed by atoms with Crippen LogP contribution in [0.5, 0.6) is 5.75 Å². The van der Waals surface area contributed by atoms with E-state index in [-0.39, 0.29) is 0 Å². The first-order valence-corrected chi connectivity index (χ1v) is 7.75. The molecule has 0 bridgehead atoms. The van der Waals surface area contributed by atoms with E-state index < -0.39 is 0 Å². The van der Waals surface area contributed by atoms with Gasteiger partial charge in [-0.05, 0) is 43.2 Å². The summed E-state index contributed by atoms with van der Waals surface area (Å²) in [5, 5.41) is 8.04. The monoisotopic (exact) mass is 314 g/mol.